The summed E-state index contributed by atoms with van der Waals surface area (Å²) >= 11 is 0. The van der Waals surface area contributed by atoms with Crippen molar-refractivity contribution in [3.63, 3.8) is 0 Å². The van der Waals surface area contributed by atoms with Gasteiger partial charge in [0.05, 0.1) is 12.2 Å². The summed E-state index contributed by atoms with van der Waals surface area (Å²) in [6.07, 6.45) is 5.39. The molecule has 0 radical (unpaired) electrons. The highest BCUT2D eigenvalue weighted by Gasteiger charge is 2.23. The number of allylic oxidation sites excluding steroid dienone is 1. The Morgan fingerprint density at radius 1 is 1.64 bits per heavy atom. The predicted octanol–water partition coefficient (Wildman–Crippen LogP) is 1.33. The van der Waals surface area contributed by atoms with E-state index in [2.05, 4.69) is 31.3 Å². The van der Waals surface area contributed by atoms with E-state index in [0.29, 0.717) is 0 Å². The Hall–Kier alpha value is -0.340. The molecule has 0 aliphatic carbocycles. The van der Waals surface area contributed by atoms with Crippen LogP contribution in [0.25, 0.3) is 0 Å². The molecule has 11 heavy (non-hydrogen) atoms. The van der Waals surface area contributed by atoms with E-state index in [4.69, 9.17) is 4.74 Å². The lowest BCUT2D eigenvalue weighted by Gasteiger charge is -2.31. The Balaban J connectivity index is 2.43. The fraction of sp³-hybridized carbons (Fsp3) is 0.778. The van der Waals surface area contributed by atoms with Gasteiger partial charge < -0.3 is 10.1 Å². The van der Waals surface area contributed by atoms with Crippen LogP contribution in [0, 0.1) is 0 Å². The number of hydrogen-bond acceptors (Lipinski definition) is 2. The number of morpholine rings is 1. The molecule has 2 nitrogen and oxygen atoms in total. The van der Waals surface area contributed by atoms with Crippen molar-refractivity contribution in [2.24, 2.45) is 0 Å². The Morgan fingerprint density at radius 2 is 2.45 bits per heavy atom. The van der Waals surface area contributed by atoms with E-state index in [-0.39, 0.29) is 5.60 Å². The van der Waals surface area contributed by atoms with Crippen molar-refractivity contribution < 1.29 is 4.74 Å². The molecule has 1 atom stereocenters. The summed E-state index contributed by atoms with van der Waals surface area (Å²) in [5.41, 5.74) is -0.0612. The number of rotatable bonds is 2. The molecule has 0 bridgehead atoms. The second-order valence-electron chi connectivity index (χ2n) is 3.15. The van der Waals surface area contributed by atoms with E-state index in [9.17, 15) is 0 Å². The van der Waals surface area contributed by atoms with Gasteiger partial charge in [0.1, 0.15) is 0 Å². The van der Waals surface area contributed by atoms with Gasteiger partial charge in [0.2, 0.25) is 0 Å². The number of nitrogens with one attached hydrogen (secondary N) is 1. The van der Waals surface area contributed by atoms with Crippen LogP contribution in [0.4, 0.5) is 0 Å². The third-order valence-electron chi connectivity index (χ3n) is 1.89. The summed E-state index contributed by atoms with van der Waals surface area (Å²) in [7, 11) is 0. The average Bonchev–Trinajstić information content (AvgIpc) is 2.03. The molecule has 0 amide bonds. The average molecular weight is 155 g/mol. The van der Waals surface area contributed by atoms with Crippen molar-refractivity contribution in [1.82, 2.24) is 5.32 Å². The van der Waals surface area contributed by atoms with Crippen LogP contribution in [0.5, 0.6) is 0 Å². The molecule has 0 aromatic carbocycles. The summed E-state index contributed by atoms with van der Waals surface area (Å²) in [5, 5.41) is 3.31. The Kier molecular flexibility index (Phi) is 3.09. The third kappa shape index (κ3) is 2.64. The quantitative estimate of drug-likeness (QED) is 0.607. The summed E-state index contributed by atoms with van der Waals surface area (Å²) < 4.78 is 5.62. The minimum absolute atomic E-state index is 0.0612. The highest BCUT2D eigenvalue weighted by atomic mass is 16.5. The van der Waals surface area contributed by atoms with Crippen LogP contribution in [0.1, 0.15) is 20.3 Å². The third-order valence-corrected chi connectivity index (χ3v) is 1.89. The van der Waals surface area contributed by atoms with E-state index >= 15 is 0 Å². The fourth-order valence-corrected chi connectivity index (χ4v) is 1.22. The van der Waals surface area contributed by atoms with Crippen molar-refractivity contribution in [2.45, 2.75) is 25.9 Å². The second-order valence-corrected chi connectivity index (χ2v) is 3.15. The maximum Gasteiger partial charge on any atom is 0.0958 e. The molecule has 1 heterocycles. The van der Waals surface area contributed by atoms with Crippen LogP contribution in [-0.4, -0.2) is 25.3 Å². The molecule has 1 aliphatic heterocycles. The summed E-state index contributed by atoms with van der Waals surface area (Å²) in [6, 6.07) is 0. The van der Waals surface area contributed by atoms with Crippen LogP contribution in [0.2, 0.25) is 0 Å². The van der Waals surface area contributed by atoms with E-state index in [1.807, 2.05) is 0 Å². The molecular formula is C9H17NO. The Labute approximate surface area is 68.6 Å². The number of ether oxygens (including phenoxy) is 1. The topological polar surface area (TPSA) is 21.3 Å². The van der Waals surface area contributed by atoms with E-state index < -0.39 is 0 Å². The SMILES string of the molecule is CCC=CC1(C)CNCCO1. The van der Waals surface area contributed by atoms with Crippen molar-refractivity contribution in [3.05, 3.63) is 12.2 Å². The molecule has 1 fully saturated rings. The first-order chi connectivity index (χ1) is 5.27. The Bertz CT molecular complexity index is 136. The van der Waals surface area contributed by atoms with E-state index in [1.165, 1.54) is 0 Å². The number of hydrogen-bond donors (Lipinski definition) is 1. The molecule has 1 aliphatic rings. The maximum absolute atomic E-state index is 5.62. The van der Waals surface area contributed by atoms with Crippen molar-refractivity contribution in [3.8, 4) is 0 Å². The van der Waals surface area contributed by atoms with Gasteiger partial charge >= 0.3 is 0 Å². The summed E-state index contributed by atoms with van der Waals surface area (Å²) in [5.74, 6) is 0. The monoisotopic (exact) mass is 155 g/mol. The molecule has 0 aromatic rings. The molecule has 0 spiro atoms. The summed E-state index contributed by atoms with van der Waals surface area (Å²) in [4.78, 5) is 0. The predicted molar refractivity (Wildman–Crippen MR) is 46.7 cm³/mol. The highest BCUT2D eigenvalue weighted by Crippen LogP contribution is 2.13. The fourth-order valence-electron chi connectivity index (χ4n) is 1.22. The normalized spacial score (nSPS) is 32.9. The molecule has 2 heteroatoms. The maximum atomic E-state index is 5.62. The van der Waals surface area contributed by atoms with Gasteiger partial charge in [0.25, 0.3) is 0 Å². The molecule has 0 saturated carbocycles. The van der Waals surface area contributed by atoms with Crippen LogP contribution >= 0.6 is 0 Å². The van der Waals surface area contributed by atoms with E-state index in [0.717, 1.165) is 26.1 Å². The lowest BCUT2D eigenvalue weighted by Crippen LogP contribution is -2.46. The van der Waals surface area contributed by atoms with Crippen LogP contribution in [0.15, 0.2) is 12.2 Å². The van der Waals surface area contributed by atoms with Gasteiger partial charge in [-0.15, -0.1) is 0 Å². The highest BCUT2D eigenvalue weighted by molar-refractivity contribution is 5.01. The Morgan fingerprint density at radius 3 is 3.00 bits per heavy atom. The van der Waals surface area contributed by atoms with Gasteiger partial charge in [0, 0.05) is 13.1 Å². The molecular weight excluding hydrogens is 138 g/mol. The van der Waals surface area contributed by atoms with Gasteiger partial charge in [-0.25, -0.2) is 0 Å². The minimum atomic E-state index is -0.0612. The lowest BCUT2D eigenvalue weighted by molar-refractivity contribution is -0.0171. The lowest BCUT2D eigenvalue weighted by atomic mass is 10.0. The van der Waals surface area contributed by atoms with Gasteiger partial charge in [-0.1, -0.05) is 19.1 Å². The van der Waals surface area contributed by atoms with E-state index in [1.54, 1.807) is 0 Å². The zero-order chi connectivity index (χ0) is 8.16. The first-order valence-electron chi connectivity index (χ1n) is 4.29. The summed E-state index contributed by atoms with van der Waals surface area (Å²) in [6.45, 7) is 6.99. The molecule has 1 unspecified atom stereocenters. The standard InChI is InChI=1S/C9H17NO/c1-3-4-5-9(2)8-10-6-7-11-9/h4-5,10H,3,6-8H2,1-2H3. The van der Waals surface area contributed by atoms with Crippen molar-refractivity contribution >= 4 is 0 Å². The second kappa shape index (κ2) is 3.88. The van der Waals surface area contributed by atoms with Gasteiger partial charge in [0.15, 0.2) is 0 Å². The van der Waals surface area contributed by atoms with Crippen LogP contribution < -0.4 is 5.32 Å². The van der Waals surface area contributed by atoms with Crippen molar-refractivity contribution in [2.75, 3.05) is 19.7 Å². The van der Waals surface area contributed by atoms with Gasteiger partial charge in [-0.2, -0.15) is 0 Å². The van der Waals surface area contributed by atoms with Gasteiger partial charge in [-0.3, -0.25) is 0 Å². The molecule has 1 saturated heterocycles. The van der Waals surface area contributed by atoms with Crippen molar-refractivity contribution in [1.29, 1.82) is 0 Å². The zero-order valence-corrected chi connectivity index (χ0v) is 7.39. The first kappa shape index (κ1) is 8.75. The largest absolute Gasteiger partial charge is 0.369 e. The molecule has 1 rings (SSSR count). The zero-order valence-electron chi connectivity index (χ0n) is 7.39. The minimum Gasteiger partial charge on any atom is -0.369 e. The molecule has 64 valence electrons. The van der Waals surface area contributed by atoms with Crippen LogP contribution in [-0.2, 0) is 4.74 Å². The smallest absolute Gasteiger partial charge is 0.0958 e. The van der Waals surface area contributed by atoms with Gasteiger partial charge in [-0.05, 0) is 13.3 Å². The van der Waals surface area contributed by atoms with Crippen LogP contribution in [0.3, 0.4) is 0 Å². The first-order valence-corrected chi connectivity index (χ1v) is 4.29. The molecule has 0 aromatic heterocycles. The molecule has 1 N–H and O–H groups in total.